The van der Waals surface area contributed by atoms with Crippen molar-refractivity contribution in [2.24, 2.45) is 0 Å². The molecule has 0 atom stereocenters. The normalized spacial score (nSPS) is 10.2. The van der Waals surface area contributed by atoms with Gasteiger partial charge in [-0.3, -0.25) is 4.79 Å². The lowest BCUT2D eigenvalue weighted by Gasteiger charge is -2.11. The van der Waals surface area contributed by atoms with Gasteiger partial charge < -0.3 is 15.8 Å². The summed E-state index contributed by atoms with van der Waals surface area (Å²) >= 11 is 3.32. The molecule has 2 aromatic rings. The fourth-order valence-corrected chi connectivity index (χ4v) is 2.37. The van der Waals surface area contributed by atoms with E-state index in [1.54, 1.807) is 25.3 Å². The van der Waals surface area contributed by atoms with Crippen molar-refractivity contribution < 1.29 is 9.53 Å². The lowest BCUT2D eigenvalue weighted by atomic mass is 10.1. The predicted molar refractivity (Wildman–Crippen MR) is 84.2 cm³/mol. The average molecular weight is 335 g/mol. The molecule has 5 heteroatoms. The molecule has 0 fully saturated rings. The number of hydrogen-bond acceptors (Lipinski definition) is 3. The highest BCUT2D eigenvalue weighted by atomic mass is 79.9. The second kappa shape index (κ2) is 5.96. The summed E-state index contributed by atoms with van der Waals surface area (Å²) in [5.74, 6) is 0.383. The maximum atomic E-state index is 12.3. The summed E-state index contributed by atoms with van der Waals surface area (Å²) in [6.45, 7) is 1.95. The molecule has 0 aliphatic rings. The molecule has 0 radical (unpaired) electrons. The van der Waals surface area contributed by atoms with Gasteiger partial charge >= 0.3 is 0 Å². The van der Waals surface area contributed by atoms with Crippen molar-refractivity contribution in [3.63, 3.8) is 0 Å². The maximum Gasteiger partial charge on any atom is 0.255 e. The molecular weight excluding hydrogens is 320 g/mol. The fraction of sp³-hybridized carbons (Fsp3) is 0.133. The Morgan fingerprint density at radius 2 is 2.00 bits per heavy atom. The van der Waals surface area contributed by atoms with Gasteiger partial charge in [0.1, 0.15) is 5.75 Å². The Balaban J connectivity index is 2.29. The van der Waals surface area contributed by atoms with Crippen LogP contribution >= 0.6 is 15.9 Å². The van der Waals surface area contributed by atoms with Crippen molar-refractivity contribution in [2.45, 2.75) is 6.92 Å². The van der Waals surface area contributed by atoms with Gasteiger partial charge in [-0.25, -0.2) is 0 Å². The highest BCUT2D eigenvalue weighted by molar-refractivity contribution is 9.10. The van der Waals surface area contributed by atoms with Crippen LogP contribution in [0.4, 0.5) is 11.4 Å². The zero-order valence-electron chi connectivity index (χ0n) is 11.2. The van der Waals surface area contributed by atoms with E-state index in [2.05, 4.69) is 21.2 Å². The molecular formula is C15H15BrN2O2. The zero-order valence-corrected chi connectivity index (χ0v) is 12.8. The number of amides is 1. The number of carbonyl (C=O) groups is 1. The number of nitrogens with two attached hydrogens (primary N) is 1. The van der Waals surface area contributed by atoms with E-state index < -0.39 is 0 Å². The topological polar surface area (TPSA) is 64.3 Å². The summed E-state index contributed by atoms with van der Waals surface area (Å²) in [5.41, 5.74) is 8.42. The second-order valence-electron chi connectivity index (χ2n) is 4.43. The van der Waals surface area contributed by atoms with E-state index in [9.17, 15) is 4.79 Å². The van der Waals surface area contributed by atoms with E-state index in [1.807, 2.05) is 25.1 Å². The van der Waals surface area contributed by atoms with Crippen molar-refractivity contribution in [2.75, 3.05) is 18.2 Å². The average Bonchev–Trinajstić information content (AvgIpc) is 2.37. The summed E-state index contributed by atoms with van der Waals surface area (Å²) in [7, 11) is 1.57. The van der Waals surface area contributed by atoms with Gasteiger partial charge in [0.05, 0.1) is 12.8 Å². The SMILES string of the molecule is COc1ccc(C)cc1NC(=O)c1cc(N)cc(Br)c1. The van der Waals surface area contributed by atoms with Gasteiger partial charge in [0.25, 0.3) is 5.91 Å². The van der Waals surface area contributed by atoms with E-state index in [4.69, 9.17) is 10.5 Å². The number of benzene rings is 2. The molecule has 4 nitrogen and oxygen atoms in total. The Hall–Kier alpha value is -2.01. The molecule has 0 aliphatic heterocycles. The Morgan fingerprint density at radius 3 is 2.65 bits per heavy atom. The summed E-state index contributed by atoms with van der Waals surface area (Å²) in [5, 5.41) is 2.83. The molecule has 20 heavy (non-hydrogen) atoms. The first-order valence-electron chi connectivity index (χ1n) is 6.01. The van der Waals surface area contributed by atoms with E-state index in [0.29, 0.717) is 22.7 Å². The second-order valence-corrected chi connectivity index (χ2v) is 5.35. The van der Waals surface area contributed by atoms with Gasteiger partial charge in [-0.1, -0.05) is 22.0 Å². The number of anilines is 2. The van der Waals surface area contributed by atoms with Crippen LogP contribution in [0.2, 0.25) is 0 Å². The Morgan fingerprint density at radius 1 is 1.25 bits per heavy atom. The highest BCUT2D eigenvalue weighted by Crippen LogP contribution is 2.26. The molecule has 104 valence electrons. The number of nitrogens with one attached hydrogen (secondary N) is 1. The van der Waals surface area contributed by atoms with Crippen LogP contribution in [-0.4, -0.2) is 13.0 Å². The first-order valence-corrected chi connectivity index (χ1v) is 6.81. The maximum absolute atomic E-state index is 12.3. The monoisotopic (exact) mass is 334 g/mol. The minimum Gasteiger partial charge on any atom is -0.495 e. The zero-order chi connectivity index (χ0) is 14.7. The summed E-state index contributed by atoms with van der Waals surface area (Å²) in [6.07, 6.45) is 0. The van der Waals surface area contributed by atoms with Crippen molar-refractivity contribution in [1.82, 2.24) is 0 Å². The third-order valence-electron chi connectivity index (χ3n) is 2.79. The number of hydrogen-bond donors (Lipinski definition) is 2. The number of carbonyl (C=O) groups excluding carboxylic acids is 1. The minimum atomic E-state index is -0.234. The van der Waals surface area contributed by atoms with Crippen LogP contribution in [0.3, 0.4) is 0 Å². The fourth-order valence-electron chi connectivity index (χ4n) is 1.86. The van der Waals surface area contributed by atoms with Gasteiger partial charge in [-0.05, 0) is 42.8 Å². The quantitative estimate of drug-likeness (QED) is 0.843. The van der Waals surface area contributed by atoms with Crippen LogP contribution in [0, 0.1) is 6.92 Å². The standard InChI is InChI=1S/C15H15BrN2O2/c1-9-3-4-14(20-2)13(5-9)18-15(19)10-6-11(16)8-12(17)7-10/h3-8H,17H2,1-2H3,(H,18,19). The Kier molecular flexibility index (Phi) is 4.29. The number of rotatable bonds is 3. The third kappa shape index (κ3) is 3.30. The molecule has 0 saturated carbocycles. The molecule has 3 N–H and O–H groups in total. The van der Waals surface area contributed by atoms with Gasteiger partial charge in [-0.15, -0.1) is 0 Å². The molecule has 1 amide bonds. The van der Waals surface area contributed by atoms with Crippen molar-refractivity contribution in [3.05, 3.63) is 52.0 Å². The minimum absolute atomic E-state index is 0.234. The summed E-state index contributed by atoms with van der Waals surface area (Å²) in [4.78, 5) is 12.3. The number of ether oxygens (including phenoxy) is 1. The molecule has 0 heterocycles. The first-order chi connectivity index (χ1) is 9.49. The van der Waals surface area contributed by atoms with E-state index >= 15 is 0 Å². The van der Waals surface area contributed by atoms with Crippen molar-refractivity contribution in [3.8, 4) is 5.75 Å². The lowest BCUT2D eigenvalue weighted by Crippen LogP contribution is -2.13. The first kappa shape index (κ1) is 14.4. The molecule has 0 saturated heterocycles. The van der Waals surface area contributed by atoms with Crippen molar-refractivity contribution >= 4 is 33.2 Å². The molecule has 0 aromatic heterocycles. The van der Waals surface area contributed by atoms with Gasteiger partial charge in [-0.2, -0.15) is 0 Å². The summed E-state index contributed by atoms with van der Waals surface area (Å²) in [6, 6.07) is 10.7. The van der Waals surface area contributed by atoms with Crippen LogP contribution in [0.25, 0.3) is 0 Å². The van der Waals surface area contributed by atoms with Gasteiger partial charge in [0.2, 0.25) is 0 Å². The van der Waals surface area contributed by atoms with E-state index in [1.165, 1.54) is 0 Å². The molecule has 2 rings (SSSR count). The predicted octanol–water partition coefficient (Wildman–Crippen LogP) is 3.60. The number of methoxy groups -OCH3 is 1. The van der Waals surface area contributed by atoms with Crippen LogP contribution in [0.15, 0.2) is 40.9 Å². The van der Waals surface area contributed by atoms with Crippen LogP contribution in [-0.2, 0) is 0 Å². The Bertz CT molecular complexity index is 636. The number of nitrogen functional groups attached to an aromatic ring is 1. The highest BCUT2D eigenvalue weighted by Gasteiger charge is 2.11. The Labute approximate surface area is 126 Å². The molecule has 0 bridgehead atoms. The largest absolute Gasteiger partial charge is 0.495 e. The molecule has 2 aromatic carbocycles. The third-order valence-corrected chi connectivity index (χ3v) is 3.24. The summed E-state index contributed by atoms with van der Waals surface area (Å²) < 4.78 is 6.00. The van der Waals surface area contributed by atoms with Crippen LogP contribution in [0.5, 0.6) is 5.75 Å². The number of halogens is 1. The van der Waals surface area contributed by atoms with Gasteiger partial charge in [0.15, 0.2) is 0 Å². The van der Waals surface area contributed by atoms with Gasteiger partial charge in [0, 0.05) is 15.7 Å². The molecule has 0 spiro atoms. The van der Waals surface area contributed by atoms with Crippen LogP contribution in [0.1, 0.15) is 15.9 Å². The lowest BCUT2D eigenvalue weighted by molar-refractivity contribution is 0.102. The van der Waals surface area contributed by atoms with Crippen LogP contribution < -0.4 is 15.8 Å². The molecule has 0 aliphatic carbocycles. The van der Waals surface area contributed by atoms with Crippen molar-refractivity contribution in [1.29, 1.82) is 0 Å². The smallest absolute Gasteiger partial charge is 0.255 e. The molecule has 0 unspecified atom stereocenters. The number of aryl methyl sites for hydroxylation is 1. The van der Waals surface area contributed by atoms with E-state index in [-0.39, 0.29) is 5.91 Å². The van der Waals surface area contributed by atoms with E-state index in [0.717, 1.165) is 10.0 Å².